The Kier molecular flexibility index (Phi) is 4.35. The third-order valence-electron chi connectivity index (χ3n) is 3.08. The first-order chi connectivity index (χ1) is 7.85. The third-order valence-corrected chi connectivity index (χ3v) is 4.07. The van der Waals surface area contributed by atoms with Crippen molar-refractivity contribution in [3.8, 4) is 0 Å². The Morgan fingerprint density at radius 3 is 3.31 bits per heavy atom. The van der Waals surface area contributed by atoms with E-state index in [4.69, 9.17) is 4.74 Å². The van der Waals surface area contributed by atoms with Crippen LogP contribution in [0.25, 0.3) is 0 Å². The Bertz CT molecular complexity index is 327. The van der Waals surface area contributed by atoms with Crippen molar-refractivity contribution in [2.24, 2.45) is 0 Å². The number of fused-ring (bicyclic) bond motifs is 1. The SMILES string of the molecule is COCC(CO)NC1CCCc2sccc21. The molecular weight excluding hydrogens is 222 g/mol. The molecule has 3 nitrogen and oxygen atoms in total. The van der Waals surface area contributed by atoms with E-state index in [1.807, 2.05) is 11.3 Å². The fraction of sp³-hybridized carbons (Fsp3) is 0.667. The molecule has 1 aliphatic carbocycles. The quantitative estimate of drug-likeness (QED) is 0.825. The van der Waals surface area contributed by atoms with E-state index in [1.165, 1.54) is 23.3 Å². The molecule has 2 atom stereocenters. The summed E-state index contributed by atoms with van der Waals surface area (Å²) in [6.07, 6.45) is 3.60. The van der Waals surface area contributed by atoms with Gasteiger partial charge in [-0.25, -0.2) is 0 Å². The van der Waals surface area contributed by atoms with E-state index in [0.717, 1.165) is 6.42 Å². The van der Waals surface area contributed by atoms with Crippen molar-refractivity contribution in [2.75, 3.05) is 20.3 Å². The highest BCUT2D eigenvalue weighted by Gasteiger charge is 2.23. The van der Waals surface area contributed by atoms with Gasteiger partial charge in [0, 0.05) is 18.0 Å². The molecule has 2 unspecified atom stereocenters. The minimum Gasteiger partial charge on any atom is -0.395 e. The van der Waals surface area contributed by atoms with Gasteiger partial charge in [-0.2, -0.15) is 0 Å². The summed E-state index contributed by atoms with van der Waals surface area (Å²) in [4.78, 5) is 1.50. The summed E-state index contributed by atoms with van der Waals surface area (Å²) in [5, 5.41) is 14.9. The highest BCUT2D eigenvalue weighted by Crippen LogP contribution is 2.33. The van der Waals surface area contributed by atoms with Gasteiger partial charge >= 0.3 is 0 Å². The molecule has 0 saturated carbocycles. The van der Waals surface area contributed by atoms with E-state index in [-0.39, 0.29) is 12.6 Å². The lowest BCUT2D eigenvalue weighted by molar-refractivity contribution is 0.120. The summed E-state index contributed by atoms with van der Waals surface area (Å²) in [7, 11) is 1.67. The van der Waals surface area contributed by atoms with Gasteiger partial charge in [-0.1, -0.05) is 0 Å². The van der Waals surface area contributed by atoms with Crippen molar-refractivity contribution >= 4 is 11.3 Å². The zero-order valence-corrected chi connectivity index (χ0v) is 10.4. The molecule has 2 N–H and O–H groups in total. The normalized spacial score (nSPS) is 21.8. The average Bonchev–Trinajstić information content (AvgIpc) is 2.77. The van der Waals surface area contributed by atoms with Crippen LogP contribution in [-0.2, 0) is 11.2 Å². The van der Waals surface area contributed by atoms with Crippen molar-refractivity contribution in [1.29, 1.82) is 0 Å². The molecule has 0 fully saturated rings. The molecule has 4 heteroatoms. The number of rotatable bonds is 5. The molecule has 90 valence electrons. The van der Waals surface area contributed by atoms with Crippen LogP contribution in [0.2, 0.25) is 0 Å². The molecule has 16 heavy (non-hydrogen) atoms. The van der Waals surface area contributed by atoms with E-state index >= 15 is 0 Å². The second-order valence-corrected chi connectivity index (χ2v) is 5.25. The van der Waals surface area contributed by atoms with Crippen LogP contribution in [-0.4, -0.2) is 31.5 Å². The minimum atomic E-state index is 0.0425. The number of aliphatic hydroxyl groups is 1. The van der Waals surface area contributed by atoms with Crippen LogP contribution in [0.3, 0.4) is 0 Å². The summed E-state index contributed by atoms with van der Waals surface area (Å²) >= 11 is 1.84. The Morgan fingerprint density at radius 1 is 1.69 bits per heavy atom. The van der Waals surface area contributed by atoms with E-state index in [2.05, 4.69) is 16.8 Å². The van der Waals surface area contributed by atoms with Crippen molar-refractivity contribution in [3.05, 3.63) is 21.9 Å². The Hall–Kier alpha value is -0.420. The Morgan fingerprint density at radius 2 is 2.56 bits per heavy atom. The molecule has 0 radical (unpaired) electrons. The lowest BCUT2D eigenvalue weighted by Gasteiger charge is -2.27. The number of ether oxygens (including phenoxy) is 1. The van der Waals surface area contributed by atoms with Gasteiger partial charge in [0.05, 0.1) is 19.3 Å². The van der Waals surface area contributed by atoms with E-state index in [0.29, 0.717) is 12.6 Å². The summed E-state index contributed by atoms with van der Waals surface area (Å²) in [5.74, 6) is 0. The molecule has 0 saturated heterocycles. The molecular formula is C12H19NO2S. The maximum atomic E-state index is 9.25. The van der Waals surface area contributed by atoms with Gasteiger partial charge < -0.3 is 15.2 Å². The number of hydrogen-bond acceptors (Lipinski definition) is 4. The van der Waals surface area contributed by atoms with E-state index in [9.17, 15) is 5.11 Å². The van der Waals surface area contributed by atoms with Crippen LogP contribution >= 0.6 is 11.3 Å². The Balaban J connectivity index is 2.01. The third kappa shape index (κ3) is 2.63. The average molecular weight is 241 g/mol. The fourth-order valence-electron chi connectivity index (χ4n) is 2.30. The summed E-state index contributed by atoms with van der Waals surface area (Å²) in [6.45, 7) is 0.691. The lowest BCUT2D eigenvalue weighted by Crippen LogP contribution is -2.39. The van der Waals surface area contributed by atoms with Gasteiger partial charge in [0.25, 0.3) is 0 Å². The molecule has 0 spiro atoms. The second kappa shape index (κ2) is 5.77. The number of nitrogens with one attached hydrogen (secondary N) is 1. The fourth-order valence-corrected chi connectivity index (χ4v) is 3.29. The molecule has 0 aromatic carbocycles. The molecule has 0 bridgehead atoms. The molecule has 1 aromatic rings. The van der Waals surface area contributed by atoms with Gasteiger partial charge in [-0.15, -0.1) is 11.3 Å². The standard InChI is InChI=1S/C12H19NO2S/c1-15-8-9(7-14)13-11-3-2-4-12-10(11)5-6-16-12/h5-6,9,11,13-14H,2-4,7-8H2,1H3. The minimum absolute atomic E-state index is 0.0425. The van der Waals surface area contributed by atoms with Gasteiger partial charge in [0.1, 0.15) is 0 Å². The molecule has 0 aliphatic heterocycles. The van der Waals surface area contributed by atoms with E-state index in [1.54, 1.807) is 7.11 Å². The van der Waals surface area contributed by atoms with Crippen molar-refractivity contribution in [3.63, 3.8) is 0 Å². The zero-order chi connectivity index (χ0) is 11.4. The van der Waals surface area contributed by atoms with Crippen LogP contribution in [0.1, 0.15) is 29.3 Å². The molecule has 1 aliphatic rings. The summed E-state index contributed by atoms with van der Waals surface area (Å²) < 4.78 is 5.09. The highest BCUT2D eigenvalue weighted by atomic mass is 32.1. The largest absolute Gasteiger partial charge is 0.395 e. The Labute approximate surface area is 100 Å². The van der Waals surface area contributed by atoms with Crippen LogP contribution < -0.4 is 5.32 Å². The maximum Gasteiger partial charge on any atom is 0.0638 e. The van der Waals surface area contributed by atoms with E-state index < -0.39 is 0 Å². The number of aryl methyl sites for hydroxylation is 1. The van der Waals surface area contributed by atoms with Gasteiger partial charge in [-0.05, 0) is 36.3 Å². The molecule has 1 heterocycles. The van der Waals surface area contributed by atoms with Gasteiger partial charge in [0.2, 0.25) is 0 Å². The van der Waals surface area contributed by atoms with Crippen LogP contribution in [0, 0.1) is 0 Å². The number of hydrogen-bond donors (Lipinski definition) is 2. The summed E-state index contributed by atoms with van der Waals surface area (Å²) in [5.41, 5.74) is 1.42. The monoisotopic (exact) mass is 241 g/mol. The van der Waals surface area contributed by atoms with Crippen LogP contribution in [0.5, 0.6) is 0 Å². The number of methoxy groups -OCH3 is 1. The van der Waals surface area contributed by atoms with Crippen molar-refractivity contribution in [1.82, 2.24) is 5.32 Å². The molecule has 2 rings (SSSR count). The predicted molar refractivity (Wildman–Crippen MR) is 65.9 cm³/mol. The number of aliphatic hydroxyl groups excluding tert-OH is 1. The number of thiophene rings is 1. The maximum absolute atomic E-state index is 9.25. The first-order valence-electron chi connectivity index (χ1n) is 5.77. The van der Waals surface area contributed by atoms with Crippen molar-refractivity contribution in [2.45, 2.75) is 31.3 Å². The van der Waals surface area contributed by atoms with Gasteiger partial charge in [-0.3, -0.25) is 0 Å². The second-order valence-electron chi connectivity index (χ2n) is 4.25. The topological polar surface area (TPSA) is 41.5 Å². The van der Waals surface area contributed by atoms with Crippen LogP contribution in [0.15, 0.2) is 11.4 Å². The first kappa shape index (κ1) is 12.0. The molecule has 1 aromatic heterocycles. The first-order valence-corrected chi connectivity index (χ1v) is 6.65. The molecule has 0 amide bonds. The highest BCUT2D eigenvalue weighted by molar-refractivity contribution is 7.10. The zero-order valence-electron chi connectivity index (χ0n) is 9.61. The summed E-state index contributed by atoms with van der Waals surface area (Å²) in [6, 6.07) is 2.64. The van der Waals surface area contributed by atoms with Gasteiger partial charge in [0.15, 0.2) is 0 Å². The predicted octanol–water partition coefficient (Wildman–Crippen LogP) is 1.72. The van der Waals surface area contributed by atoms with Crippen molar-refractivity contribution < 1.29 is 9.84 Å². The smallest absolute Gasteiger partial charge is 0.0638 e. The van der Waals surface area contributed by atoms with Crippen LogP contribution in [0.4, 0.5) is 0 Å². The lowest BCUT2D eigenvalue weighted by atomic mass is 9.93.